The fourth-order valence-corrected chi connectivity index (χ4v) is 6.60. The molecule has 2 aliphatic carbocycles. The van der Waals surface area contributed by atoms with Crippen LogP contribution < -0.4 is 4.90 Å². The summed E-state index contributed by atoms with van der Waals surface area (Å²) >= 11 is 6.15. The van der Waals surface area contributed by atoms with Gasteiger partial charge in [0.25, 0.3) is 0 Å². The van der Waals surface area contributed by atoms with Gasteiger partial charge in [0, 0.05) is 61.2 Å². The van der Waals surface area contributed by atoms with Crippen molar-refractivity contribution in [2.75, 3.05) is 37.6 Å². The van der Waals surface area contributed by atoms with Crippen molar-refractivity contribution in [3.8, 4) is 0 Å². The molecule has 0 aromatic heterocycles. The number of ether oxygens (including phenoxy) is 1. The zero-order valence-electron chi connectivity index (χ0n) is 18.5. The molecule has 0 bridgehead atoms. The topological polar surface area (TPSA) is 53.0 Å². The summed E-state index contributed by atoms with van der Waals surface area (Å²) < 4.78 is 5.83. The fraction of sp³-hybridized carbons (Fsp3) is 0.640. The molecule has 3 fully saturated rings. The molecule has 0 spiro atoms. The van der Waals surface area contributed by atoms with Gasteiger partial charge in [-0.15, -0.1) is 0 Å². The van der Waals surface area contributed by atoms with E-state index in [0.29, 0.717) is 12.5 Å². The van der Waals surface area contributed by atoms with E-state index in [9.17, 15) is 9.90 Å². The minimum Gasteiger partial charge on any atom is -0.461 e. The number of carbonyl (C=O) groups excluding carboxylic acids is 1. The summed E-state index contributed by atoms with van der Waals surface area (Å²) in [6.07, 6.45) is 4.52. The molecule has 6 heteroatoms. The summed E-state index contributed by atoms with van der Waals surface area (Å²) in [6, 6.07) is 7.98. The fourth-order valence-electron chi connectivity index (χ4n) is 6.41. The lowest BCUT2D eigenvalue weighted by atomic mass is 9.55. The number of fused-ring (bicyclic) bond motifs is 2. The monoisotopic (exact) mass is 444 g/mol. The van der Waals surface area contributed by atoms with E-state index in [4.69, 9.17) is 16.3 Å². The highest BCUT2D eigenvalue weighted by molar-refractivity contribution is 6.30. The summed E-state index contributed by atoms with van der Waals surface area (Å²) in [6.45, 7) is 8.71. The van der Waals surface area contributed by atoms with Crippen LogP contribution in [0.1, 0.15) is 33.1 Å². The number of benzene rings is 1. The standard InChI is InChI=1S/C25H33ClN2O3/c1-16-5-3-6-17-13-21-22(23(29)25(16,17)2)20(24(30)31-21)15-27-9-11-28(12-10-27)19-8-4-7-18(26)14-19/h4,6-8,14,16,20-23,29H,3,5,9-13,15H2,1-2H3/t16-,20+,21+,22-,23+,25+/m0/s1. The number of piperazine rings is 1. The first-order chi connectivity index (χ1) is 14.9. The van der Waals surface area contributed by atoms with Gasteiger partial charge < -0.3 is 14.7 Å². The van der Waals surface area contributed by atoms with Crippen LogP contribution in [-0.4, -0.2) is 60.9 Å². The van der Waals surface area contributed by atoms with Crippen molar-refractivity contribution in [1.29, 1.82) is 0 Å². The molecular formula is C25H33ClN2O3. The van der Waals surface area contributed by atoms with Crippen LogP contribution in [0.2, 0.25) is 5.02 Å². The second-order valence-corrected chi connectivity index (χ2v) is 10.5. The molecule has 0 radical (unpaired) electrons. The smallest absolute Gasteiger partial charge is 0.311 e. The molecule has 1 saturated carbocycles. The number of aliphatic hydroxyl groups is 1. The van der Waals surface area contributed by atoms with Crippen LogP contribution in [0.5, 0.6) is 0 Å². The Balaban J connectivity index is 1.28. The zero-order valence-corrected chi connectivity index (χ0v) is 19.2. The molecule has 5 rings (SSSR count). The molecular weight excluding hydrogens is 412 g/mol. The number of esters is 1. The normalized spacial score (nSPS) is 38.3. The van der Waals surface area contributed by atoms with E-state index in [1.165, 1.54) is 5.57 Å². The second kappa shape index (κ2) is 8.09. The van der Waals surface area contributed by atoms with Gasteiger partial charge in [0.1, 0.15) is 6.10 Å². The highest BCUT2D eigenvalue weighted by Crippen LogP contribution is 2.56. The molecule has 1 N–H and O–H groups in total. The summed E-state index contributed by atoms with van der Waals surface area (Å²) in [5, 5.41) is 12.3. The number of rotatable bonds is 3. The van der Waals surface area contributed by atoms with Crippen LogP contribution >= 0.6 is 11.6 Å². The van der Waals surface area contributed by atoms with Crippen LogP contribution in [0.25, 0.3) is 0 Å². The summed E-state index contributed by atoms with van der Waals surface area (Å²) in [4.78, 5) is 17.6. The van der Waals surface area contributed by atoms with E-state index in [2.05, 4.69) is 35.8 Å². The average Bonchev–Trinajstić information content (AvgIpc) is 3.06. The first-order valence-corrected chi connectivity index (χ1v) is 12.1. The Labute approximate surface area is 190 Å². The van der Waals surface area contributed by atoms with Crippen molar-refractivity contribution < 1.29 is 14.6 Å². The van der Waals surface area contributed by atoms with E-state index >= 15 is 0 Å². The maximum Gasteiger partial charge on any atom is 0.311 e. The number of nitrogens with zero attached hydrogens (tertiary/aromatic N) is 2. The third kappa shape index (κ3) is 3.59. The highest BCUT2D eigenvalue weighted by Gasteiger charge is 2.59. The molecule has 0 amide bonds. The first kappa shape index (κ1) is 21.3. The van der Waals surface area contributed by atoms with Crippen LogP contribution in [-0.2, 0) is 9.53 Å². The molecule has 2 heterocycles. The summed E-state index contributed by atoms with van der Waals surface area (Å²) in [5.74, 6) is -0.0609. The Morgan fingerprint density at radius 1 is 1.26 bits per heavy atom. The predicted octanol–water partition coefficient (Wildman–Crippen LogP) is 3.75. The van der Waals surface area contributed by atoms with Crippen LogP contribution in [0.3, 0.4) is 0 Å². The molecule has 0 unspecified atom stereocenters. The van der Waals surface area contributed by atoms with Gasteiger partial charge >= 0.3 is 5.97 Å². The number of allylic oxidation sites excluding steroid dienone is 1. The second-order valence-electron chi connectivity index (χ2n) is 10.1. The van der Waals surface area contributed by atoms with Gasteiger partial charge in [0.15, 0.2) is 0 Å². The highest BCUT2D eigenvalue weighted by atomic mass is 35.5. The van der Waals surface area contributed by atoms with Crippen molar-refractivity contribution in [2.45, 2.75) is 45.3 Å². The minimum absolute atomic E-state index is 0.110. The van der Waals surface area contributed by atoms with Crippen molar-refractivity contribution in [2.24, 2.45) is 23.2 Å². The Hall–Kier alpha value is -1.56. The lowest BCUT2D eigenvalue weighted by Gasteiger charge is -2.52. The number of aliphatic hydroxyl groups excluding tert-OH is 1. The van der Waals surface area contributed by atoms with E-state index < -0.39 is 6.10 Å². The molecule has 1 aromatic rings. The van der Waals surface area contributed by atoms with Gasteiger partial charge in [-0.2, -0.15) is 0 Å². The van der Waals surface area contributed by atoms with Crippen molar-refractivity contribution in [3.05, 3.63) is 40.9 Å². The lowest BCUT2D eigenvalue weighted by molar-refractivity contribution is -0.145. The van der Waals surface area contributed by atoms with Crippen LogP contribution in [0.4, 0.5) is 5.69 Å². The number of hydrogen-bond acceptors (Lipinski definition) is 5. The maximum atomic E-state index is 12.9. The Morgan fingerprint density at radius 2 is 2.03 bits per heavy atom. The van der Waals surface area contributed by atoms with E-state index in [1.54, 1.807) is 0 Å². The largest absolute Gasteiger partial charge is 0.461 e. The minimum atomic E-state index is -0.531. The quantitative estimate of drug-likeness (QED) is 0.568. The summed E-state index contributed by atoms with van der Waals surface area (Å²) in [5.41, 5.74) is 2.20. The molecule has 168 valence electrons. The molecule has 4 aliphatic rings. The van der Waals surface area contributed by atoms with Gasteiger partial charge in [-0.3, -0.25) is 9.69 Å². The van der Waals surface area contributed by atoms with E-state index in [0.717, 1.165) is 56.2 Å². The lowest BCUT2D eigenvalue weighted by Crippen LogP contribution is -2.55. The van der Waals surface area contributed by atoms with Crippen LogP contribution in [0, 0.1) is 23.2 Å². The Morgan fingerprint density at radius 3 is 2.77 bits per heavy atom. The van der Waals surface area contributed by atoms with Crippen molar-refractivity contribution >= 4 is 23.3 Å². The number of hydrogen-bond donors (Lipinski definition) is 1. The third-order valence-corrected chi connectivity index (χ3v) is 8.81. The number of carbonyl (C=O) groups is 1. The average molecular weight is 445 g/mol. The molecule has 5 nitrogen and oxygen atoms in total. The molecule has 31 heavy (non-hydrogen) atoms. The first-order valence-electron chi connectivity index (χ1n) is 11.7. The number of anilines is 1. The van der Waals surface area contributed by atoms with E-state index in [-0.39, 0.29) is 29.3 Å². The maximum absolute atomic E-state index is 12.9. The van der Waals surface area contributed by atoms with Gasteiger partial charge in [0.2, 0.25) is 0 Å². The zero-order chi connectivity index (χ0) is 21.8. The third-order valence-electron chi connectivity index (χ3n) is 8.57. The SMILES string of the molecule is C[C@H]1CCC=C2C[C@H]3OC(=O)[C@H](CN4CCN(c5cccc(Cl)c5)CC4)[C@@H]3[C@@H](O)[C@@]21C. The van der Waals surface area contributed by atoms with Gasteiger partial charge in [-0.05, 0) is 37.0 Å². The Kier molecular flexibility index (Phi) is 5.56. The van der Waals surface area contributed by atoms with Crippen molar-refractivity contribution in [1.82, 2.24) is 4.90 Å². The predicted molar refractivity (Wildman–Crippen MR) is 122 cm³/mol. The number of halogens is 1. The molecule has 1 aromatic carbocycles. The van der Waals surface area contributed by atoms with Gasteiger partial charge in [-0.25, -0.2) is 0 Å². The molecule has 6 atom stereocenters. The molecule has 2 aliphatic heterocycles. The van der Waals surface area contributed by atoms with Gasteiger partial charge in [-0.1, -0.05) is 43.2 Å². The molecule has 2 saturated heterocycles. The summed E-state index contributed by atoms with van der Waals surface area (Å²) in [7, 11) is 0. The van der Waals surface area contributed by atoms with Crippen molar-refractivity contribution in [3.63, 3.8) is 0 Å². The van der Waals surface area contributed by atoms with E-state index in [1.807, 2.05) is 18.2 Å². The Bertz CT molecular complexity index is 881. The van der Waals surface area contributed by atoms with Crippen LogP contribution in [0.15, 0.2) is 35.9 Å². The van der Waals surface area contributed by atoms with Gasteiger partial charge in [0.05, 0.1) is 12.0 Å².